The lowest BCUT2D eigenvalue weighted by Crippen LogP contribution is -2.46. The van der Waals surface area contributed by atoms with Gasteiger partial charge in [-0.1, -0.05) is 23.7 Å². The molecule has 6 nitrogen and oxygen atoms in total. The molecular weight excluding hydrogens is 344 g/mol. The van der Waals surface area contributed by atoms with Gasteiger partial charge in [-0.3, -0.25) is 4.79 Å². The second-order valence-electron chi connectivity index (χ2n) is 6.20. The SMILES string of the molecule is Cc1c(C(=O)OCC(=O)NC2(C#N)CCCC2)oc2c(Cl)cccc12. The Balaban J connectivity index is 1.67. The van der Waals surface area contributed by atoms with E-state index in [0.717, 1.165) is 18.2 Å². The highest BCUT2D eigenvalue weighted by molar-refractivity contribution is 6.35. The van der Waals surface area contributed by atoms with Gasteiger partial charge in [-0.05, 0) is 38.7 Å². The molecule has 0 radical (unpaired) electrons. The molecule has 1 fully saturated rings. The molecule has 0 spiro atoms. The van der Waals surface area contributed by atoms with Crippen molar-refractivity contribution >= 4 is 34.4 Å². The summed E-state index contributed by atoms with van der Waals surface area (Å²) >= 11 is 6.06. The van der Waals surface area contributed by atoms with Gasteiger partial charge in [0.2, 0.25) is 5.76 Å². The number of nitrogens with one attached hydrogen (secondary N) is 1. The van der Waals surface area contributed by atoms with Crippen LogP contribution in [0.25, 0.3) is 11.0 Å². The number of para-hydroxylation sites is 1. The number of carbonyl (C=O) groups is 2. The lowest BCUT2D eigenvalue weighted by Gasteiger charge is -2.21. The molecule has 0 bridgehead atoms. The van der Waals surface area contributed by atoms with E-state index in [2.05, 4.69) is 11.4 Å². The summed E-state index contributed by atoms with van der Waals surface area (Å²) in [4.78, 5) is 24.3. The molecule has 1 aromatic heterocycles. The van der Waals surface area contributed by atoms with Crippen molar-refractivity contribution in [2.45, 2.75) is 38.1 Å². The molecule has 25 heavy (non-hydrogen) atoms. The molecule has 1 N–H and O–H groups in total. The van der Waals surface area contributed by atoms with Gasteiger partial charge in [-0.15, -0.1) is 0 Å². The van der Waals surface area contributed by atoms with Gasteiger partial charge in [0.25, 0.3) is 5.91 Å². The second kappa shape index (κ2) is 6.77. The maximum Gasteiger partial charge on any atom is 0.375 e. The van der Waals surface area contributed by atoms with Crippen molar-refractivity contribution in [3.63, 3.8) is 0 Å². The third-order valence-corrected chi connectivity index (χ3v) is 4.78. The second-order valence-corrected chi connectivity index (χ2v) is 6.61. The number of nitriles is 1. The number of hydrogen-bond acceptors (Lipinski definition) is 5. The molecule has 1 amide bonds. The highest BCUT2D eigenvalue weighted by Gasteiger charge is 2.35. The van der Waals surface area contributed by atoms with Crippen molar-refractivity contribution in [3.05, 3.63) is 34.5 Å². The lowest BCUT2D eigenvalue weighted by molar-refractivity contribution is -0.125. The molecule has 1 aliphatic rings. The highest BCUT2D eigenvalue weighted by atomic mass is 35.5. The summed E-state index contributed by atoms with van der Waals surface area (Å²) < 4.78 is 10.6. The van der Waals surface area contributed by atoms with Crippen molar-refractivity contribution in [3.8, 4) is 6.07 Å². The van der Waals surface area contributed by atoms with Gasteiger partial charge in [0.1, 0.15) is 5.54 Å². The van der Waals surface area contributed by atoms with Gasteiger partial charge < -0.3 is 14.5 Å². The highest BCUT2D eigenvalue weighted by Crippen LogP contribution is 2.31. The van der Waals surface area contributed by atoms with Crippen LogP contribution in [0.4, 0.5) is 0 Å². The summed E-state index contributed by atoms with van der Waals surface area (Å²) in [5, 5.41) is 13.1. The molecule has 0 unspecified atom stereocenters. The van der Waals surface area contributed by atoms with E-state index in [1.165, 1.54) is 0 Å². The predicted octanol–water partition coefficient (Wildman–Crippen LogP) is 3.50. The fraction of sp³-hybridized carbons (Fsp3) is 0.389. The normalized spacial score (nSPS) is 15.7. The summed E-state index contributed by atoms with van der Waals surface area (Å²) in [5.74, 6) is -1.22. The number of nitrogens with zero attached hydrogens (tertiary/aromatic N) is 1. The molecule has 0 aliphatic heterocycles. The van der Waals surface area contributed by atoms with Crippen LogP contribution in [-0.2, 0) is 9.53 Å². The summed E-state index contributed by atoms with van der Waals surface area (Å²) in [7, 11) is 0. The topological polar surface area (TPSA) is 92.3 Å². The van der Waals surface area contributed by atoms with Crippen LogP contribution in [0.3, 0.4) is 0 Å². The lowest BCUT2D eigenvalue weighted by atomic mass is 10.00. The first kappa shape index (κ1) is 17.3. The van der Waals surface area contributed by atoms with E-state index in [-0.39, 0.29) is 5.76 Å². The van der Waals surface area contributed by atoms with E-state index in [1.54, 1.807) is 25.1 Å². The zero-order valence-corrected chi connectivity index (χ0v) is 14.5. The molecule has 1 saturated carbocycles. The van der Waals surface area contributed by atoms with Crippen LogP contribution in [-0.4, -0.2) is 24.0 Å². The minimum absolute atomic E-state index is 0.0202. The summed E-state index contributed by atoms with van der Waals surface area (Å²) in [6.07, 6.45) is 3.02. The van der Waals surface area contributed by atoms with Crippen LogP contribution in [0.2, 0.25) is 5.02 Å². The Morgan fingerprint density at radius 2 is 2.12 bits per heavy atom. The molecule has 7 heteroatoms. The average Bonchev–Trinajstić information content (AvgIpc) is 3.19. The molecular formula is C18H17ClN2O4. The van der Waals surface area contributed by atoms with Crippen molar-refractivity contribution in [2.75, 3.05) is 6.61 Å². The monoisotopic (exact) mass is 360 g/mol. The number of ether oxygens (including phenoxy) is 1. The largest absolute Gasteiger partial charge is 0.450 e. The maximum atomic E-state index is 12.2. The van der Waals surface area contributed by atoms with Crippen LogP contribution in [0, 0.1) is 18.3 Å². The Kier molecular flexibility index (Phi) is 4.69. The molecule has 2 aromatic rings. The first-order valence-corrected chi connectivity index (χ1v) is 8.40. The number of carbonyl (C=O) groups excluding carboxylic acids is 2. The maximum absolute atomic E-state index is 12.2. The van der Waals surface area contributed by atoms with Crippen LogP contribution in [0.15, 0.2) is 22.6 Å². The van der Waals surface area contributed by atoms with Gasteiger partial charge in [0.05, 0.1) is 11.1 Å². The summed E-state index contributed by atoms with van der Waals surface area (Å²) in [6.45, 7) is 1.26. The minimum atomic E-state index is -0.841. The average molecular weight is 361 g/mol. The van der Waals surface area contributed by atoms with E-state index in [4.69, 9.17) is 20.8 Å². The third kappa shape index (κ3) is 3.33. The van der Waals surface area contributed by atoms with E-state index in [0.29, 0.717) is 29.0 Å². The summed E-state index contributed by atoms with van der Waals surface area (Å²) in [5.41, 5.74) is 0.173. The van der Waals surface area contributed by atoms with E-state index >= 15 is 0 Å². The molecule has 0 atom stereocenters. The van der Waals surface area contributed by atoms with Gasteiger partial charge in [0.15, 0.2) is 12.2 Å². The molecule has 1 aliphatic carbocycles. The Labute approximate surface area is 149 Å². The zero-order valence-electron chi connectivity index (χ0n) is 13.7. The summed E-state index contributed by atoms with van der Waals surface area (Å²) in [6, 6.07) is 7.37. The molecule has 1 aromatic carbocycles. The van der Waals surface area contributed by atoms with E-state index in [9.17, 15) is 14.9 Å². The van der Waals surface area contributed by atoms with Crippen LogP contribution >= 0.6 is 11.6 Å². The first-order chi connectivity index (χ1) is 12.0. The van der Waals surface area contributed by atoms with Gasteiger partial charge in [0, 0.05) is 10.9 Å². The number of hydrogen-bond donors (Lipinski definition) is 1. The standard InChI is InChI=1S/C18H17ClN2O4/c1-11-12-5-4-6-13(19)16(12)25-15(11)17(23)24-9-14(22)21-18(10-20)7-2-3-8-18/h4-6H,2-3,7-9H2,1H3,(H,21,22). The number of aryl methyl sites for hydroxylation is 1. The fourth-order valence-corrected chi connectivity index (χ4v) is 3.36. The Morgan fingerprint density at radius 3 is 2.76 bits per heavy atom. The van der Waals surface area contributed by atoms with Gasteiger partial charge >= 0.3 is 5.97 Å². The molecule has 130 valence electrons. The zero-order chi connectivity index (χ0) is 18.0. The van der Waals surface area contributed by atoms with Crippen molar-refractivity contribution in [1.29, 1.82) is 5.26 Å². The minimum Gasteiger partial charge on any atom is -0.450 e. The number of halogens is 1. The van der Waals surface area contributed by atoms with E-state index in [1.807, 2.05) is 0 Å². The third-order valence-electron chi connectivity index (χ3n) is 4.49. The van der Waals surface area contributed by atoms with Crippen LogP contribution < -0.4 is 5.32 Å². The van der Waals surface area contributed by atoms with Gasteiger partial charge in [-0.25, -0.2) is 4.79 Å². The number of rotatable bonds is 4. The number of furan rings is 1. The molecule has 0 saturated heterocycles. The number of esters is 1. The van der Waals surface area contributed by atoms with Crippen molar-refractivity contribution in [2.24, 2.45) is 0 Å². The van der Waals surface area contributed by atoms with Gasteiger partial charge in [-0.2, -0.15) is 5.26 Å². The van der Waals surface area contributed by atoms with E-state index < -0.39 is 24.0 Å². The quantitative estimate of drug-likeness (QED) is 0.842. The Bertz CT molecular complexity index is 875. The van der Waals surface area contributed by atoms with Crippen molar-refractivity contribution in [1.82, 2.24) is 5.32 Å². The number of amides is 1. The fourth-order valence-electron chi connectivity index (χ4n) is 3.15. The number of fused-ring (bicyclic) bond motifs is 1. The van der Waals surface area contributed by atoms with Crippen LogP contribution in [0.5, 0.6) is 0 Å². The van der Waals surface area contributed by atoms with Crippen LogP contribution in [0.1, 0.15) is 41.8 Å². The van der Waals surface area contributed by atoms with Crippen molar-refractivity contribution < 1.29 is 18.7 Å². The Morgan fingerprint density at radius 1 is 1.40 bits per heavy atom. The predicted molar refractivity (Wildman–Crippen MR) is 91.2 cm³/mol. The first-order valence-electron chi connectivity index (χ1n) is 8.03. The number of benzene rings is 1. The molecule has 1 heterocycles. The molecule has 3 rings (SSSR count). The Hall–Kier alpha value is -2.52. The smallest absolute Gasteiger partial charge is 0.375 e.